The van der Waals surface area contributed by atoms with Gasteiger partial charge in [0.05, 0.1) is 11.4 Å². The molecule has 0 aliphatic heterocycles. The summed E-state index contributed by atoms with van der Waals surface area (Å²) in [5.74, 6) is 1.04. The van der Waals surface area contributed by atoms with Crippen molar-refractivity contribution in [1.82, 2.24) is 9.97 Å². The van der Waals surface area contributed by atoms with Crippen molar-refractivity contribution in [3.05, 3.63) is 46.9 Å². The summed E-state index contributed by atoms with van der Waals surface area (Å²) in [5.41, 5.74) is 1.63. The molecule has 3 nitrogen and oxygen atoms in total. The molecular formula is C12H11ClN2O. The van der Waals surface area contributed by atoms with Gasteiger partial charge in [0, 0.05) is 0 Å². The quantitative estimate of drug-likeness (QED) is 0.797. The Kier molecular flexibility index (Phi) is 3.06. The fourth-order valence-electron chi connectivity index (χ4n) is 1.22. The summed E-state index contributed by atoms with van der Waals surface area (Å²) >= 11 is 5.95. The van der Waals surface area contributed by atoms with Crippen LogP contribution in [0.2, 0.25) is 5.15 Å². The Morgan fingerprint density at radius 1 is 1.00 bits per heavy atom. The Labute approximate surface area is 99.1 Å². The molecule has 16 heavy (non-hydrogen) atoms. The van der Waals surface area contributed by atoms with Crippen LogP contribution in [-0.2, 0) is 0 Å². The van der Waals surface area contributed by atoms with Crippen molar-refractivity contribution in [2.75, 3.05) is 0 Å². The lowest BCUT2D eigenvalue weighted by Gasteiger charge is -2.07. The lowest BCUT2D eigenvalue weighted by molar-refractivity contribution is 0.458. The molecule has 0 saturated carbocycles. The molecule has 82 valence electrons. The second kappa shape index (κ2) is 4.49. The number of aromatic nitrogens is 2. The third kappa shape index (κ3) is 2.31. The number of aryl methyl sites for hydroxylation is 2. The normalized spacial score (nSPS) is 10.2. The number of para-hydroxylation sites is 1. The molecule has 2 aromatic rings. The average Bonchev–Trinajstić information content (AvgIpc) is 2.27. The smallest absolute Gasteiger partial charge is 0.257 e. The number of benzene rings is 1. The van der Waals surface area contributed by atoms with E-state index < -0.39 is 0 Å². The van der Waals surface area contributed by atoms with Crippen LogP contribution in [-0.4, -0.2) is 9.97 Å². The highest BCUT2D eigenvalue weighted by atomic mass is 35.5. The molecule has 0 fully saturated rings. The monoisotopic (exact) mass is 234 g/mol. The van der Waals surface area contributed by atoms with Gasteiger partial charge in [0.2, 0.25) is 0 Å². The van der Waals surface area contributed by atoms with E-state index in [2.05, 4.69) is 9.97 Å². The van der Waals surface area contributed by atoms with Gasteiger partial charge >= 0.3 is 0 Å². The van der Waals surface area contributed by atoms with Crippen molar-refractivity contribution in [3.63, 3.8) is 0 Å². The zero-order chi connectivity index (χ0) is 11.5. The molecule has 0 atom stereocenters. The van der Waals surface area contributed by atoms with E-state index in [0.29, 0.717) is 11.6 Å². The van der Waals surface area contributed by atoms with Gasteiger partial charge in [-0.2, -0.15) is 0 Å². The van der Waals surface area contributed by atoms with Crippen LogP contribution in [0.1, 0.15) is 11.4 Å². The van der Waals surface area contributed by atoms with Crippen LogP contribution in [0, 0.1) is 13.8 Å². The maximum atomic E-state index is 5.95. The largest absolute Gasteiger partial charge is 0.436 e. The fraction of sp³-hybridized carbons (Fsp3) is 0.167. The predicted molar refractivity (Wildman–Crippen MR) is 63.0 cm³/mol. The predicted octanol–water partition coefficient (Wildman–Crippen LogP) is 3.54. The molecule has 2 rings (SSSR count). The number of nitrogens with zero attached hydrogens (tertiary/aromatic N) is 2. The van der Waals surface area contributed by atoms with E-state index in [4.69, 9.17) is 16.3 Å². The first-order valence-electron chi connectivity index (χ1n) is 4.90. The van der Waals surface area contributed by atoms with Crippen molar-refractivity contribution in [2.24, 2.45) is 0 Å². The van der Waals surface area contributed by atoms with Gasteiger partial charge in [0.25, 0.3) is 5.88 Å². The van der Waals surface area contributed by atoms with Crippen LogP contribution in [0.5, 0.6) is 11.6 Å². The zero-order valence-corrected chi connectivity index (χ0v) is 9.82. The first-order chi connectivity index (χ1) is 7.66. The van der Waals surface area contributed by atoms with E-state index in [1.54, 1.807) is 0 Å². The Morgan fingerprint density at radius 2 is 1.62 bits per heavy atom. The summed E-state index contributed by atoms with van der Waals surface area (Å²) in [7, 11) is 0. The molecule has 0 unspecified atom stereocenters. The van der Waals surface area contributed by atoms with Gasteiger partial charge in [-0.05, 0) is 26.0 Å². The first kappa shape index (κ1) is 10.9. The minimum atomic E-state index is 0.284. The minimum Gasteiger partial charge on any atom is -0.436 e. The van der Waals surface area contributed by atoms with Gasteiger partial charge in [-0.25, -0.2) is 9.97 Å². The average molecular weight is 235 g/mol. The first-order valence-corrected chi connectivity index (χ1v) is 5.28. The summed E-state index contributed by atoms with van der Waals surface area (Å²) in [6.45, 7) is 3.73. The van der Waals surface area contributed by atoms with Crippen molar-refractivity contribution < 1.29 is 4.74 Å². The van der Waals surface area contributed by atoms with Crippen molar-refractivity contribution in [2.45, 2.75) is 13.8 Å². The van der Waals surface area contributed by atoms with E-state index in [0.717, 1.165) is 11.4 Å². The zero-order valence-electron chi connectivity index (χ0n) is 9.07. The molecule has 0 aliphatic rings. The van der Waals surface area contributed by atoms with Gasteiger partial charge in [0.1, 0.15) is 5.75 Å². The number of ether oxygens (including phenoxy) is 1. The number of hydrogen-bond donors (Lipinski definition) is 0. The standard InChI is InChI=1S/C12H11ClN2O/c1-8-9(2)15-12(11(13)14-8)16-10-6-4-3-5-7-10/h3-7H,1-2H3. The molecule has 0 bridgehead atoms. The van der Waals surface area contributed by atoms with E-state index >= 15 is 0 Å². The van der Waals surface area contributed by atoms with Crippen molar-refractivity contribution >= 4 is 11.6 Å². The highest BCUT2D eigenvalue weighted by molar-refractivity contribution is 6.30. The molecule has 0 spiro atoms. The van der Waals surface area contributed by atoms with Gasteiger partial charge in [-0.15, -0.1) is 0 Å². The van der Waals surface area contributed by atoms with Gasteiger partial charge in [-0.1, -0.05) is 29.8 Å². The van der Waals surface area contributed by atoms with E-state index in [9.17, 15) is 0 Å². The Hall–Kier alpha value is -1.61. The van der Waals surface area contributed by atoms with Gasteiger partial charge in [-0.3, -0.25) is 0 Å². The Morgan fingerprint density at radius 3 is 2.31 bits per heavy atom. The minimum absolute atomic E-state index is 0.284. The Balaban J connectivity index is 2.32. The van der Waals surface area contributed by atoms with Gasteiger partial charge < -0.3 is 4.74 Å². The topological polar surface area (TPSA) is 35.0 Å². The molecule has 1 heterocycles. The second-order valence-electron chi connectivity index (χ2n) is 3.41. The van der Waals surface area contributed by atoms with Crippen LogP contribution in [0.3, 0.4) is 0 Å². The number of hydrogen-bond acceptors (Lipinski definition) is 3. The maximum absolute atomic E-state index is 5.95. The Bertz CT molecular complexity index is 500. The fourth-order valence-corrected chi connectivity index (χ4v) is 1.43. The number of halogens is 1. The molecule has 0 saturated heterocycles. The lowest BCUT2D eigenvalue weighted by atomic mass is 10.3. The number of rotatable bonds is 2. The molecule has 1 aromatic carbocycles. The van der Waals surface area contributed by atoms with Crippen LogP contribution >= 0.6 is 11.6 Å². The van der Waals surface area contributed by atoms with Crippen molar-refractivity contribution in [3.8, 4) is 11.6 Å². The summed E-state index contributed by atoms with van der Waals surface area (Å²) in [5, 5.41) is 0.284. The third-order valence-corrected chi connectivity index (χ3v) is 2.44. The molecular weight excluding hydrogens is 224 g/mol. The van der Waals surface area contributed by atoms with Crippen LogP contribution in [0.25, 0.3) is 0 Å². The van der Waals surface area contributed by atoms with E-state index in [1.807, 2.05) is 44.2 Å². The third-order valence-electron chi connectivity index (χ3n) is 2.19. The molecule has 0 N–H and O–H groups in total. The summed E-state index contributed by atoms with van der Waals surface area (Å²) in [6.07, 6.45) is 0. The molecule has 0 amide bonds. The summed E-state index contributed by atoms with van der Waals surface area (Å²) in [4.78, 5) is 8.40. The second-order valence-corrected chi connectivity index (χ2v) is 3.76. The summed E-state index contributed by atoms with van der Waals surface area (Å²) in [6, 6.07) is 9.37. The van der Waals surface area contributed by atoms with E-state index in [1.165, 1.54) is 0 Å². The van der Waals surface area contributed by atoms with Crippen molar-refractivity contribution in [1.29, 1.82) is 0 Å². The molecule has 0 radical (unpaired) electrons. The SMILES string of the molecule is Cc1nc(Cl)c(Oc2ccccc2)nc1C. The van der Waals surface area contributed by atoms with Gasteiger partial charge in [0.15, 0.2) is 5.15 Å². The van der Waals surface area contributed by atoms with Crippen LogP contribution in [0.4, 0.5) is 0 Å². The summed E-state index contributed by atoms with van der Waals surface area (Å²) < 4.78 is 5.54. The molecule has 1 aromatic heterocycles. The highest BCUT2D eigenvalue weighted by Crippen LogP contribution is 2.26. The van der Waals surface area contributed by atoms with E-state index in [-0.39, 0.29) is 5.15 Å². The van der Waals surface area contributed by atoms with Crippen LogP contribution in [0.15, 0.2) is 30.3 Å². The molecule has 0 aliphatic carbocycles. The maximum Gasteiger partial charge on any atom is 0.257 e. The highest BCUT2D eigenvalue weighted by Gasteiger charge is 2.08. The lowest BCUT2D eigenvalue weighted by Crippen LogP contribution is -1.97. The van der Waals surface area contributed by atoms with Crippen LogP contribution < -0.4 is 4.74 Å². The molecule has 4 heteroatoms.